The first-order valence-corrected chi connectivity index (χ1v) is 3.30. The van der Waals surface area contributed by atoms with Gasteiger partial charge in [0, 0.05) is 5.57 Å². The van der Waals surface area contributed by atoms with Gasteiger partial charge in [-0.05, 0) is 6.42 Å². The van der Waals surface area contributed by atoms with Crippen LogP contribution in [0.15, 0.2) is 12.2 Å². The molecule has 0 unspecified atom stereocenters. The van der Waals surface area contributed by atoms with Crippen LogP contribution in [0.25, 0.3) is 0 Å². The second kappa shape index (κ2) is 3.43. The SMILES string of the molecule is C=C(CC)C(=O)O[SiH3]. The van der Waals surface area contributed by atoms with Crippen LogP contribution < -0.4 is 0 Å². The first-order chi connectivity index (χ1) is 3.72. The highest BCUT2D eigenvalue weighted by molar-refractivity contribution is 6.08. The van der Waals surface area contributed by atoms with Crippen molar-refractivity contribution in [3.05, 3.63) is 12.2 Å². The van der Waals surface area contributed by atoms with Crippen molar-refractivity contribution < 1.29 is 9.22 Å². The molecule has 2 nitrogen and oxygen atoms in total. The summed E-state index contributed by atoms with van der Waals surface area (Å²) in [4.78, 5) is 10.5. The molecule has 0 aliphatic carbocycles. The average molecular weight is 130 g/mol. The van der Waals surface area contributed by atoms with Crippen molar-refractivity contribution in [2.75, 3.05) is 0 Å². The van der Waals surface area contributed by atoms with E-state index in [9.17, 15) is 4.79 Å². The van der Waals surface area contributed by atoms with Gasteiger partial charge >= 0.3 is 5.97 Å². The number of rotatable bonds is 2. The second-order valence-corrected chi connectivity index (χ2v) is 1.86. The predicted molar refractivity (Wildman–Crippen MR) is 35.5 cm³/mol. The zero-order valence-electron chi connectivity index (χ0n) is 5.23. The molecular weight excluding hydrogens is 120 g/mol. The summed E-state index contributed by atoms with van der Waals surface area (Å²) in [5.41, 5.74) is 0.556. The van der Waals surface area contributed by atoms with Crippen molar-refractivity contribution >= 4 is 16.5 Å². The Morgan fingerprint density at radius 3 is 2.50 bits per heavy atom. The molecule has 3 heteroatoms. The predicted octanol–water partition coefficient (Wildman–Crippen LogP) is -0.224. The monoisotopic (exact) mass is 130 g/mol. The Balaban J connectivity index is 3.64. The van der Waals surface area contributed by atoms with Crippen LogP contribution in [0, 0.1) is 0 Å². The molecule has 0 aromatic carbocycles. The number of hydrogen-bond acceptors (Lipinski definition) is 2. The van der Waals surface area contributed by atoms with Crippen LogP contribution in [0.2, 0.25) is 0 Å². The lowest BCUT2D eigenvalue weighted by Crippen LogP contribution is -2.02. The molecule has 0 aromatic rings. The van der Waals surface area contributed by atoms with Crippen molar-refractivity contribution in [2.24, 2.45) is 0 Å². The Bertz CT molecular complexity index is 95.0. The van der Waals surface area contributed by atoms with E-state index in [2.05, 4.69) is 11.0 Å². The van der Waals surface area contributed by atoms with Gasteiger partial charge < -0.3 is 4.43 Å². The first-order valence-electron chi connectivity index (χ1n) is 2.48. The molecule has 0 amide bonds. The van der Waals surface area contributed by atoms with E-state index in [-0.39, 0.29) is 5.97 Å². The van der Waals surface area contributed by atoms with Gasteiger partial charge in [0.1, 0.15) is 0 Å². The normalized spacial score (nSPS) is 8.62. The fourth-order valence-electron chi connectivity index (χ4n) is 0.289. The highest BCUT2D eigenvalue weighted by Crippen LogP contribution is 1.96. The van der Waals surface area contributed by atoms with Crippen molar-refractivity contribution in [3.8, 4) is 0 Å². The molecule has 8 heavy (non-hydrogen) atoms. The molecule has 0 rings (SSSR count). The lowest BCUT2D eigenvalue weighted by atomic mass is 10.2. The maximum atomic E-state index is 10.5. The Morgan fingerprint density at radius 1 is 1.88 bits per heavy atom. The molecule has 0 heterocycles. The third-order valence-electron chi connectivity index (χ3n) is 0.901. The van der Waals surface area contributed by atoms with E-state index in [1.807, 2.05) is 6.92 Å². The first kappa shape index (κ1) is 7.43. The van der Waals surface area contributed by atoms with Crippen LogP contribution in [-0.2, 0) is 9.22 Å². The summed E-state index contributed by atoms with van der Waals surface area (Å²) in [7, 11) is 0.465. The highest BCUT2D eigenvalue weighted by atomic mass is 28.2. The topological polar surface area (TPSA) is 26.3 Å². The fourth-order valence-corrected chi connectivity index (χ4v) is 0.577. The third-order valence-corrected chi connectivity index (χ3v) is 1.27. The largest absolute Gasteiger partial charge is 0.526 e. The molecule has 0 bridgehead atoms. The maximum Gasteiger partial charge on any atom is 0.319 e. The average Bonchev–Trinajstić information content (AvgIpc) is 1.84. The molecule has 0 spiro atoms. The maximum absolute atomic E-state index is 10.5. The van der Waals surface area contributed by atoms with Gasteiger partial charge in [-0.15, -0.1) is 0 Å². The van der Waals surface area contributed by atoms with Crippen molar-refractivity contribution in [2.45, 2.75) is 13.3 Å². The quantitative estimate of drug-likeness (QED) is 0.381. The molecule has 0 saturated carbocycles. The van der Waals surface area contributed by atoms with Gasteiger partial charge in [-0.2, -0.15) is 0 Å². The van der Waals surface area contributed by atoms with Crippen LogP contribution in [-0.4, -0.2) is 16.5 Å². The molecule has 46 valence electrons. The van der Waals surface area contributed by atoms with E-state index in [0.717, 1.165) is 0 Å². The second-order valence-electron chi connectivity index (χ2n) is 1.45. The standard InChI is InChI=1S/C5H10O2Si/c1-3-4(2)5(6)7-8/h2-3H2,1,8H3. The van der Waals surface area contributed by atoms with E-state index in [1.54, 1.807) is 0 Å². The van der Waals surface area contributed by atoms with Gasteiger partial charge in [-0.1, -0.05) is 13.5 Å². The summed E-state index contributed by atoms with van der Waals surface area (Å²) in [5.74, 6) is -0.251. The molecule has 0 atom stereocenters. The minimum absolute atomic E-state index is 0.251. The van der Waals surface area contributed by atoms with Gasteiger partial charge in [-0.3, -0.25) is 0 Å². The Morgan fingerprint density at radius 2 is 2.38 bits per heavy atom. The van der Waals surface area contributed by atoms with Crippen LogP contribution in [0.5, 0.6) is 0 Å². The van der Waals surface area contributed by atoms with Crippen LogP contribution in [0.1, 0.15) is 13.3 Å². The summed E-state index contributed by atoms with van der Waals surface area (Å²) in [6, 6.07) is 0. The van der Waals surface area contributed by atoms with E-state index in [4.69, 9.17) is 0 Å². The zero-order chi connectivity index (χ0) is 6.57. The number of hydrogen-bond donors (Lipinski definition) is 0. The van der Waals surface area contributed by atoms with Crippen molar-refractivity contribution in [1.82, 2.24) is 0 Å². The van der Waals surface area contributed by atoms with Gasteiger partial charge in [0.05, 0.1) is 0 Å². The van der Waals surface area contributed by atoms with Crippen molar-refractivity contribution in [1.29, 1.82) is 0 Å². The lowest BCUT2D eigenvalue weighted by molar-refractivity contribution is -0.129. The number of carbonyl (C=O) groups is 1. The summed E-state index contributed by atoms with van der Waals surface area (Å²) in [6.45, 7) is 5.37. The summed E-state index contributed by atoms with van der Waals surface area (Å²) >= 11 is 0. The van der Waals surface area contributed by atoms with Crippen LogP contribution in [0.4, 0.5) is 0 Å². The lowest BCUT2D eigenvalue weighted by Gasteiger charge is -1.97. The molecule has 0 aromatic heterocycles. The molecule has 0 N–H and O–H groups in total. The third kappa shape index (κ3) is 1.93. The fraction of sp³-hybridized carbons (Fsp3) is 0.400. The zero-order valence-corrected chi connectivity index (χ0v) is 7.23. The Labute approximate surface area is 52.1 Å². The number of carbonyl (C=O) groups excluding carboxylic acids is 1. The Kier molecular flexibility index (Phi) is 3.19. The van der Waals surface area contributed by atoms with Crippen LogP contribution >= 0.6 is 0 Å². The van der Waals surface area contributed by atoms with Crippen LogP contribution in [0.3, 0.4) is 0 Å². The Hall–Kier alpha value is -0.573. The van der Waals surface area contributed by atoms with Gasteiger partial charge in [0.25, 0.3) is 0 Å². The highest BCUT2D eigenvalue weighted by Gasteiger charge is 1.99. The van der Waals surface area contributed by atoms with Crippen molar-refractivity contribution in [3.63, 3.8) is 0 Å². The summed E-state index contributed by atoms with van der Waals surface area (Å²) in [5, 5.41) is 0. The van der Waals surface area contributed by atoms with Gasteiger partial charge in [0.2, 0.25) is 10.5 Å². The minimum Gasteiger partial charge on any atom is -0.526 e. The molecule has 0 saturated heterocycles. The molecule has 0 radical (unpaired) electrons. The van der Waals surface area contributed by atoms with Gasteiger partial charge in [0.15, 0.2) is 0 Å². The summed E-state index contributed by atoms with van der Waals surface area (Å²) in [6.07, 6.45) is 0.682. The summed E-state index contributed by atoms with van der Waals surface area (Å²) < 4.78 is 4.50. The smallest absolute Gasteiger partial charge is 0.319 e. The molecular formula is C5H10O2Si. The van der Waals surface area contributed by atoms with E-state index < -0.39 is 0 Å². The van der Waals surface area contributed by atoms with E-state index in [1.165, 1.54) is 0 Å². The molecule has 0 aliphatic rings. The molecule has 0 fully saturated rings. The molecule has 0 aliphatic heterocycles. The minimum atomic E-state index is -0.251. The van der Waals surface area contributed by atoms with E-state index in [0.29, 0.717) is 22.5 Å². The van der Waals surface area contributed by atoms with E-state index >= 15 is 0 Å². The van der Waals surface area contributed by atoms with Gasteiger partial charge in [-0.25, -0.2) is 4.79 Å².